The van der Waals surface area contributed by atoms with Crippen molar-refractivity contribution < 1.29 is 9.84 Å². The van der Waals surface area contributed by atoms with Crippen LogP contribution >= 0.6 is 11.6 Å². The standard InChI is InChI=1S/C21H22ClN3O2/c1-13-11-25(12-14(2)27-13)20(18-7-3-4-8-23-18)16-10-17(22)15-6-5-9-24-19(15)21(16)26/h3-10,13-14,20,26H,11-12H2,1-2H3. The number of ether oxygens (including phenoxy) is 1. The lowest BCUT2D eigenvalue weighted by atomic mass is 9.96. The zero-order valence-corrected chi connectivity index (χ0v) is 16.1. The lowest BCUT2D eigenvalue weighted by molar-refractivity contribution is -0.0770. The lowest BCUT2D eigenvalue weighted by Crippen LogP contribution is -2.47. The average molecular weight is 384 g/mol. The first kappa shape index (κ1) is 18.2. The van der Waals surface area contributed by atoms with Crippen molar-refractivity contribution in [1.29, 1.82) is 0 Å². The molecular weight excluding hydrogens is 362 g/mol. The summed E-state index contributed by atoms with van der Waals surface area (Å²) in [5, 5.41) is 12.4. The van der Waals surface area contributed by atoms with E-state index in [0.717, 1.165) is 24.2 Å². The summed E-state index contributed by atoms with van der Waals surface area (Å²) in [4.78, 5) is 11.2. The van der Waals surface area contributed by atoms with Crippen LogP contribution in [0.25, 0.3) is 10.9 Å². The Morgan fingerprint density at radius 2 is 1.85 bits per heavy atom. The van der Waals surface area contributed by atoms with Crippen LogP contribution in [-0.2, 0) is 4.74 Å². The van der Waals surface area contributed by atoms with Gasteiger partial charge in [0.2, 0.25) is 0 Å². The summed E-state index contributed by atoms with van der Waals surface area (Å²) in [5.74, 6) is 0.150. The van der Waals surface area contributed by atoms with Crippen LogP contribution in [0.4, 0.5) is 0 Å². The molecule has 0 bridgehead atoms. The zero-order chi connectivity index (χ0) is 19.0. The number of aromatic nitrogens is 2. The Morgan fingerprint density at radius 1 is 1.11 bits per heavy atom. The molecule has 2 aromatic heterocycles. The molecule has 1 aliphatic heterocycles. The highest BCUT2D eigenvalue weighted by Crippen LogP contribution is 2.41. The minimum atomic E-state index is -0.232. The number of benzene rings is 1. The number of pyridine rings is 2. The number of phenols is 1. The van der Waals surface area contributed by atoms with Gasteiger partial charge in [0, 0.05) is 36.4 Å². The van der Waals surface area contributed by atoms with E-state index in [2.05, 4.69) is 28.7 Å². The van der Waals surface area contributed by atoms with Crippen molar-refractivity contribution in [3.63, 3.8) is 0 Å². The maximum atomic E-state index is 11.1. The Hall–Kier alpha value is -2.21. The SMILES string of the molecule is CC1CN(C(c2ccccn2)c2cc(Cl)c3cccnc3c2O)CC(C)O1. The summed E-state index contributed by atoms with van der Waals surface area (Å²) in [5.41, 5.74) is 2.09. The molecule has 4 rings (SSSR count). The van der Waals surface area contributed by atoms with Gasteiger partial charge in [0.15, 0.2) is 0 Å². The van der Waals surface area contributed by atoms with Crippen molar-refractivity contribution >= 4 is 22.5 Å². The van der Waals surface area contributed by atoms with Gasteiger partial charge in [-0.25, -0.2) is 0 Å². The van der Waals surface area contributed by atoms with Gasteiger partial charge in [-0.3, -0.25) is 14.9 Å². The summed E-state index contributed by atoms with van der Waals surface area (Å²) in [6.07, 6.45) is 3.62. The molecule has 1 N–H and O–H groups in total. The Bertz CT molecular complexity index is 941. The third-order valence-corrected chi connectivity index (χ3v) is 5.23. The molecule has 3 atom stereocenters. The summed E-state index contributed by atoms with van der Waals surface area (Å²) < 4.78 is 5.90. The molecule has 27 heavy (non-hydrogen) atoms. The molecule has 3 unspecified atom stereocenters. The zero-order valence-electron chi connectivity index (χ0n) is 15.3. The van der Waals surface area contributed by atoms with E-state index in [-0.39, 0.29) is 24.0 Å². The highest BCUT2D eigenvalue weighted by atomic mass is 35.5. The average Bonchev–Trinajstić information content (AvgIpc) is 2.66. The summed E-state index contributed by atoms with van der Waals surface area (Å²) in [6, 6.07) is 11.1. The number of fused-ring (bicyclic) bond motifs is 1. The largest absolute Gasteiger partial charge is 0.505 e. The molecule has 1 aliphatic rings. The fourth-order valence-electron chi connectivity index (χ4n) is 3.92. The van der Waals surface area contributed by atoms with Crippen molar-refractivity contribution in [3.8, 4) is 5.75 Å². The van der Waals surface area contributed by atoms with E-state index in [0.29, 0.717) is 16.1 Å². The molecular formula is C21H22ClN3O2. The first-order valence-corrected chi connectivity index (χ1v) is 9.49. The van der Waals surface area contributed by atoms with E-state index in [1.54, 1.807) is 12.4 Å². The van der Waals surface area contributed by atoms with Crippen LogP contribution in [0.2, 0.25) is 5.02 Å². The predicted molar refractivity (Wildman–Crippen MR) is 106 cm³/mol. The molecule has 140 valence electrons. The molecule has 1 saturated heterocycles. The monoisotopic (exact) mass is 383 g/mol. The molecule has 0 amide bonds. The molecule has 5 nitrogen and oxygen atoms in total. The van der Waals surface area contributed by atoms with Gasteiger partial charge >= 0.3 is 0 Å². The second-order valence-electron chi connectivity index (χ2n) is 7.06. The first-order chi connectivity index (χ1) is 13.0. The van der Waals surface area contributed by atoms with E-state index >= 15 is 0 Å². The number of aromatic hydroxyl groups is 1. The maximum Gasteiger partial charge on any atom is 0.147 e. The Kier molecular flexibility index (Phi) is 5.00. The van der Waals surface area contributed by atoms with E-state index in [1.165, 1.54) is 0 Å². The van der Waals surface area contributed by atoms with Crippen LogP contribution in [-0.4, -0.2) is 45.3 Å². The molecule has 0 spiro atoms. The number of halogens is 1. The minimum Gasteiger partial charge on any atom is -0.505 e. The number of rotatable bonds is 3. The van der Waals surface area contributed by atoms with Crippen molar-refractivity contribution in [3.05, 3.63) is 65.1 Å². The minimum absolute atomic E-state index is 0.0937. The first-order valence-electron chi connectivity index (χ1n) is 9.11. The highest BCUT2D eigenvalue weighted by molar-refractivity contribution is 6.35. The number of phenolic OH excluding ortho intramolecular Hbond substituents is 1. The normalized spacial score (nSPS) is 22.0. The topological polar surface area (TPSA) is 58.5 Å². The Labute approximate surface area is 163 Å². The van der Waals surface area contributed by atoms with Crippen LogP contribution in [0, 0.1) is 0 Å². The van der Waals surface area contributed by atoms with Crippen molar-refractivity contribution in [2.24, 2.45) is 0 Å². The van der Waals surface area contributed by atoms with E-state index in [9.17, 15) is 5.11 Å². The molecule has 0 aliphatic carbocycles. The molecule has 0 radical (unpaired) electrons. The smallest absolute Gasteiger partial charge is 0.147 e. The molecule has 3 heterocycles. The number of hydrogen-bond acceptors (Lipinski definition) is 5. The third-order valence-electron chi connectivity index (χ3n) is 4.92. The maximum absolute atomic E-state index is 11.1. The third kappa shape index (κ3) is 3.50. The van der Waals surface area contributed by atoms with Gasteiger partial charge in [0.25, 0.3) is 0 Å². The second-order valence-corrected chi connectivity index (χ2v) is 7.47. The van der Waals surface area contributed by atoms with Crippen LogP contribution in [0.1, 0.15) is 31.1 Å². The summed E-state index contributed by atoms with van der Waals surface area (Å²) >= 11 is 6.55. The van der Waals surface area contributed by atoms with Crippen molar-refractivity contribution in [1.82, 2.24) is 14.9 Å². The molecule has 3 aromatic rings. The van der Waals surface area contributed by atoms with Crippen LogP contribution in [0.5, 0.6) is 5.75 Å². The molecule has 0 saturated carbocycles. The number of morpholine rings is 1. The van der Waals surface area contributed by atoms with Gasteiger partial charge in [-0.1, -0.05) is 17.7 Å². The molecule has 6 heteroatoms. The second kappa shape index (κ2) is 7.43. The van der Waals surface area contributed by atoms with E-state index in [4.69, 9.17) is 16.3 Å². The number of hydrogen-bond donors (Lipinski definition) is 1. The Balaban J connectivity index is 1.89. The van der Waals surface area contributed by atoms with Gasteiger partial charge in [-0.15, -0.1) is 0 Å². The van der Waals surface area contributed by atoms with Crippen molar-refractivity contribution in [2.45, 2.75) is 32.1 Å². The molecule has 1 aromatic carbocycles. The lowest BCUT2D eigenvalue weighted by Gasteiger charge is -2.40. The Morgan fingerprint density at radius 3 is 2.56 bits per heavy atom. The number of nitrogens with zero attached hydrogens (tertiary/aromatic N) is 3. The fourth-order valence-corrected chi connectivity index (χ4v) is 4.19. The van der Waals surface area contributed by atoms with Crippen molar-refractivity contribution in [2.75, 3.05) is 13.1 Å². The summed E-state index contributed by atoms with van der Waals surface area (Å²) in [6.45, 7) is 5.60. The van der Waals surface area contributed by atoms with Crippen LogP contribution < -0.4 is 0 Å². The quantitative estimate of drug-likeness (QED) is 0.735. The fraction of sp³-hybridized carbons (Fsp3) is 0.333. The van der Waals surface area contributed by atoms with Gasteiger partial charge in [0.1, 0.15) is 11.3 Å². The highest BCUT2D eigenvalue weighted by Gasteiger charge is 2.33. The predicted octanol–water partition coefficient (Wildman–Crippen LogP) is 4.19. The van der Waals surface area contributed by atoms with Crippen LogP contribution in [0.15, 0.2) is 48.8 Å². The van der Waals surface area contributed by atoms with Gasteiger partial charge in [-0.05, 0) is 44.2 Å². The summed E-state index contributed by atoms with van der Waals surface area (Å²) in [7, 11) is 0. The van der Waals surface area contributed by atoms with Gasteiger partial charge < -0.3 is 9.84 Å². The van der Waals surface area contributed by atoms with Gasteiger partial charge in [0.05, 0.1) is 29.0 Å². The van der Waals surface area contributed by atoms with E-state index in [1.807, 2.05) is 36.4 Å². The van der Waals surface area contributed by atoms with E-state index < -0.39 is 0 Å². The van der Waals surface area contributed by atoms with Crippen LogP contribution in [0.3, 0.4) is 0 Å². The molecule has 1 fully saturated rings. The van der Waals surface area contributed by atoms with Gasteiger partial charge in [-0.2, -0.15) is 0 Å².